The normalized spacial score (nSPS) is 36.0. The fraction of sp³-hybridized carbons (Fsp3) is 0.700. The van der Waals surface area contributed by atoms with E-state index in [2.05, 4.69) is 10.7 Å². The molecule has 94 valence electrons. The van der Waals surface area contributed by atoms with Gasteiger partial charge >= 0.3 is 12.5 Å². The van der Waals surface area contributed by atoms with Gasteiger partial charge in [0.25, 0.3) is 0 Å². The summed E-state index contributed by atoms with van der Waals surface area (Å²) in [5, 5.41) is 8.92. The molecule has 2 rings (SSSR count). The minimum Gasteiger partial charge on any atom is -0.465 e. The van der Waals surface area contributed by atoms with Crippen LogP contribution >= 0.6 is 0 Å². The summed E-state index contributed by atoms with van der Waals surface area (Å²) in [4.78, 5) is 12.0. The lowest BCUT2D eigenvalue weighted by atomic mass is 9.96. The summed E-state index contributed by atoms with van der Waals surface area (Å²) in [6.07, 6.45) is -1.36. The van der Waals surface area contributed by atoms with Gasteiger partial charge in [-0.1, -0.05) is 5.92 Å². The Kier molecular flexibility index (Phi) is 2.70. The van der Waals surface area contributed by atoms with Crippen LogP contribution in [0.25, 0.3) is 0 Å². The van der Waals surface area contributed by atoms with Gasteiger partial charge in [-0.15, -0.1) is 19.6 Å². The molecule has 2 bridgehead atoms. The van der Waals surface area contributed by atoms with E-state index < -0.39 is 36.6 Å². The number of carbonyl (C=O) groups is 1. The quantitative estimate of drug-likeness (QED) is 0.719. The molecule has 1 heterocycles. The van der Waals surface area contributed by atoms with E-state index in [0.717, 1.165) is 4.90 Å². The summed E-state index contributed by atoms with van der Waals surface area (Å²) in [5.74, 6) is 1.67. The number of hydrogen-bond acceptors (Lipinski definition) is 2. The van der Waals surface area contributed by atoms with E-state index in [9.17, 15) is 18.0 Å². The Morgan fingerprint density at radius 2 is 2.12 bits per heavy atom. The van der Waals surface area contributed by atoms with Gasteiger partial charge in [0.05, 0.1) is 6.10 Å². The fourth-order valence-electron chi connectivity index (χ4n) is 2.78. The molecular weight excluding hydrogens is 239 g/mol. The van der Waals surface area contributed by atoms with Gasteiger partial charge in [0.1, 0.15) is 6.04 Å². The van der Waals surface area contributed by atoms with Crippen molar-refractivity contribution in [2.45, 2.75) is 37.4 Å². The van der Waals surface area contributed by atoms with E-state index in [-0.39, 0.29) is 6.42 Å². The third-order valence-corrected chi connectivity index (χ3v) is 3.30. The van der Waals surface area contributed by atoms with Crippen LogP contribution in [0.15, 0.2) is 0 Å². The number of hydrogen-bond donors (Lipinski definition) is 1. The van der Waals surface area contributed by atoms with Crippen LogP contribution in [0.5, 0.6) is 0 Å². The Hall–Kier alpha value is -1.42. The molecule has 2 aliphatic rings. The van der Waals surface area contributed by atoms with Crippen LogP contribution in [0.3, 0.4) is 0 Å². The first-order valence-electron chi connectivity index (χ1n) is 5.05. The van der Waals surface area contributed by atoms with Crippen LogP contribution < -0.4 is 0 Å². The number of nitrogens with zero attached hydrogens (tertiary/aromatic N) is 1. The molecule has 2 fully saturated rings. The standard InChI is InChI=1S/C10H10F3NO3/c1-2-7-6-3-5(14(7)9(15)16)4-8(6)17-10(11,12)13/h1,5-8H,3-4H2,(H,15,16)/t5?,6?,7?,8-/m0/s1. The van der Waals surface area contributed by atoms with Crippen LogP contribution in [-0.4, -0.2) is 40.6 Å². The molecule has 4 atom stereocenters. The maximum absolute atomic E-state index is 12.1. The number of alkyl halides is 3. The van der Waals surface area contributed by atoms with Gasteiger partial charge in [-0.05, 0) is 12.8 Å². The molecule has 1 N–H and O–H groups in total. The summed E-state index contributed by atoms with van der Waals surface area (Å²) in [6, 6.07) is -1.29. The van der Waals surface area contributed by atoms with Gasteiger partial charge in [-0.3, -0.25) is 9.64 Å². The summed E-state index contributed by atoms with van der Waals surface area (Å²) < 4.78 is 40.3. The van der Waals surface area contributed by atoms with Crippen molar-refractivity contribution in [1.29, 1.82) is 0 Å². The van der Waals surface area contributed by atoms with Gasteiger partial charge in [-0.2, -0.15) is 0 Å². The second-order valence-electron chi connectivity index (χ2n) is 4.19. The Morgan fingerprint density at radius 3 is 2.59 bits per heavy atom. The largest absolute Gasteiger partial charge is 0.522 e. The number of halogens is 3. The van der Waals surface area contributed by atoms with Gasteiger partial charge in [0.2, 0.25) is 0 Å². The highest BCUT2D eigenvalue weighted by atomic mass is 19.4. The van der Waals surface area contributed by atoms with E-state index in [1.165, 1.54) is 0 Å². The van der Waals surface area contributed by atoms with Crippen molar-refractivity contribution in [2.24, 2.45) is 5.92 Å². The smallest absolute Gasteiger partial charge is 0.465 e. The van der Waals surface area contributed by atoms with E-state index in [0.29, 0.717) is 6.42 Å². The average molecular weight is 249 g/mol. The first-order valence-corrected chi connectivity index (χ1v) is 5.05. The Balaban J connectivity index is 2.12. The lowest BCUT2D eigenvalue weighted by molar-refractivity contribution is -0.348. The van der Waals surface area contributed by atoms with Crippen LogP contribution in [0.4, 0.5) is 18.0 Å². The maximum atomic E-state index is 12.1. The Labute approximate surface area is 95.3 Å². The highest BCUT2D eigenvalue weighted by Crippen LogP contribution is 2.45. The molecule has 0 aromatic rings. The number of amides is 1. The number of carboxylic acid groups (broad SMARTS) is 1. The molecule has 1 amide bonds. The third kappa shape index (κ3) is 2.05. The summed E-state index contributed by atoms with van der Waals surface area (Å²) >= 11 is 0. The van der Waals surface area contributed by atoms with Crippen molar-refractivity contribution in [2.75, 3.05) is 0 Å². The monoisotopic (exact) mass is 249 g/mol. The van der Waals surface area contributed by atoms with Crippen molar-refractivity contribution < 1.29 is 27.8 Å². The summed E-state index contributed by atoms with van der Waals surface area (Å²) in [6.45, 7) is 0. The summed E-state index contributed by atoms with van der Waals surface area (Å²) in [7, 11) is 0. The Bertz CT molecular complexity index is 376. The zero-order valence-corrected chi connectivity index (χ0v) is 8.65. The Morgan fingerprint density at radius 1 is 1.47 bits per heavy atom. The van der Waals surface area contributed by atoms with Gasteiger partial charge in [0.15, 0.2) is 0 Å². The summed E-state index contributed by atoms with van der Waals surface area (Å²) in [5.41, 5.74) is 0. The maximum Gasteiger partial charge on any atom is 0.522 e. The van der Waals surface area contributed by atoms with E-state index >= 15 is 0 Å². The van der Waals surface area contributed by atoms with Gasteiger partial charge < -0.3 is 5.11 Å². The van der Waals surface area contributed by atoms with E-state index in [4.69, 9.17) is 11.5 Å². The number of likely N-dealkylation sites (tertiary alicyclic amines) is 1. The second kappa shape index (κ2) is 3.81. The first-order chi connectivity index (χ1) is 7.83. The highest BCUT2D eigenvalue weighted by molar-refractivity contribution is 5.67. The van der Waals surface area contributed by atoms with Crippen molar-refractivity contribution in [3.8, 4) is 12.3 Å². The van der Waals surface area contributed by atoms with E-state index in [1.54, 1.807) is 0 Å². The second-order valence-corrected chi connectivity index (χ2v) is 4.19. The molecule has 0 aromatic heterocycles. The van der Waals surface area contributed by atoms with Crippen LogP contribution in [0.2, 0.25) is 0 Å². The van der Waals surface area contributed by atoms with E-state index in [1.807, 2.05) is 0 Å². The topological polar surface area (TPSA) is 49.8 Å². The lowest BCUT2D eigenvalue weighted by Crippen LogP contribution is -2.49. The van der Waals surface area contributed by atoms with Crippen molar-refractivity contribution >= 4 is 6.09 Å². The molecular formula is C10H10F3NO3. The van der Waals surface area contributed by atoms with Crippen LogP contribution in [-0.2, 0) is 4.74 Å². The van der Waals surface area contributed by atoms with Crippen LogP contribution in [0.1, 0.15) is 12.8 Å². The lowest BCUT2D eigenvalue weighted by Gasteiger charge is -2.34. The molecule has 7 heteroatoms. The van der Waals surface area contributed by atoms with Crippen LogP contribution in [0, 0.1) is 18.3 Å². The zero-order chi connectivity index (χ0) is 12.8. The minimum absolute atomic E-state index is 0.0503. The van der Waals surface area contributed by atoms with Crippen molar-refractivity contribution in [3.63, 3.8) is 0 Å². The molecule has 4 nitrogen and oxygen atoms in total. The molecule has 1 saturated carbocycles. The predicted octanol–water partition coefficient (Wildman–Crippen LogP) is 1.67. The number of rotatable bonds is 1. The number of terminal acetylenes is 1. The van der Waals surface area contributed by atoms with Crippen molar-refractivity contribution in [3.05, 3.63) is 0 Å². The molecule has 0 aromatic carbocycles. The first kappa shape index (κ1) is 12.0. The molecule has 1 aliphatic heterocycles. The fourth-order valence-corrected chi connectivity index (χ4v) is 2.78. The number of piperidine rings is 1. The molecule has 0 spiro atoms. The SMILES string of the molecule is C#CC1C2CC(C[C@@H]2OC(F)(F)F)N1C(=O)O. The van der Waals surface area contributed by atoms with Gasteiger partial charge in [0, 0.05) is 12.0 Å². The molecule has 1 saturated heterocycles. The number of fused-ring (bicyclic) bond motifs is 2. The third-order valence-electron chi connectivity index (χ3n) is 3.30. The van der Waals surface area contributed by atoms with Crippen molar-refractivity contribution in [1.82, 2.24) is 4.90 Å². The van der Waals surface area contributed by atoms with Gasteiger partial charge in [-0.25, -0.2) is 4.79 Å². The molecule has 0 radical (unpaired) electrons. The minimum atomic E-state index is -4.71. The average Bonchev–Trinajstić information content (AvgIpc) is 2.70. The highest BCUT2D eigenvalue weighted by Gasteiger charge is 2.55. The molecule has 17 heavy (non-hydrogen) atoms. The molecule has 3 unspecified atom stereocenters. The zero-order valence-electron chi connectivity index (χ0n) is 8.65. The number of ether oxygens (including phenoxy) is 1. The molecule has 1 aliphatic carbocycles. The predicted molar refractivity (Wildman–Crippen MR) is 49.9 cm³/mol.